The molecule has 4 rings (SSSR count). The van der Waals surface area contributed by atoms with Crippen LogP contribution in [0.3, 0.4) is 0 Å². The summed E-state index contributed by atoms with van der Waals surface area (Å²) in [4.78, 5) is 5.90. The Morgan fingerprint density at radius 2 is 2.00 bits per heavy atom. The Balaban J connectivity index is 1.89. The van der Waals surface area contributed by atoms with Gasteiger partial charge in [-0.1, -0.05) is 35.4 Å². The number of nitrogens with one attached hydrogen (secondary N) is 1. The molecule has 0 spiro atoms. The first-order chi connectivity index (χ1) is 11.2. The van der Waals surface area contributed by atoms with Gasteiger partial charge < -0.3 is 5.32 Å². The van der Waals surface area contributed by atoms with E-state index in [1.807, 2.05) is 36.2 Å². The molecule has 2 heterocycles. The standard InChI is InChI=1S/C19H15ClN2S/c1-12-4-6-16(20)15(9-12)19-14(3-2-8-21-19)13-5-7-17-18(10-13)23-11-22-17/h2-10,22H,11H2,1H3. The number of fused-ring (bicyclic) bond motifs is 1. The highest BCUT2D eigenvalue weighted by Crippen LogP contribution is 2.40. The van der Waals surface area contributed by atoms with Crippen molar-refractivity contribution >= 4 is 29.1 Å². The Hall–Kier alpha value is -1.97. The molecule has 3 aromatic rings. The van der Waals surface area contributed by atoms with E-state index in [-0.39, 0.29) is 0 Å². The van der Waals surface area contributed by atoms with Crippen LogP contribution in [0.1, 0.15) is 5.56 Å². The van der Waals surface area contributed by atoms with Crippen LogP contribution in [0, 0.1) is 6.92 Å². The van der Waals surface area contributed by atoms with Gasteiger partial charge in [0.2, 0.25) is 0 Å². The minimum Gasteiger partial charge on any atom is -0.375 e. The van der Waals surface area contributed by atoms with Crippen molar-refractivity contribution in [2.75, 3.05) is 11.2 Å². The number of aryl methyl sites for hydroxylation is 1. The molecule has 0 aliphatic carbocycles. The molecule has 0 amide bonds. The maximum absolute atomic E-state index is 6.43. The molecule has 1 aromatic heterocycles. The van der Waals surface area contributed by atoms with Crippen molar-refractivity contribution in [3.05, 3.63) is 65.3 Å². The van der Waals surface area contributed by atoms with E-state index in [2.05, 4.69) is 47.6 Å². The summed E-state index contributed by atoms with van der Waals surface area (Å²) in [6.45, 7) is 2.07. The van der Waals surface area contributed by atoms with Gasteiger partial charge in [-0.2, -0.15) is 0 Å². The zero-order valence-electron chi connectivity index (χ0n) is 12.6. The van der Waals surface area contributed by atoms with Gasteiger partial charge in [-0.25, -0.2) is 0 Å². The van der Waals surface area contributed by atoms with Crippen LogP contribution in [-0.2, 0) is 0 Å². The van der Waals surface area contributed by atoms with E-state index < -0.39 is 0 Å². The number of hydrogen-bond acceptors (Lipinski definition) is 3. The monoisotopic (exact) mass is 338 g/mol. The number of benzene rings is 2. The lowest BCUT2D eigenvalue weighted by atomic mass is 9.98. The minimum atomic E-state index is 0.729. The lowest BCUT2D eigenvalue weighted by Crippen LogP contribution is -1.91. The fourth-order valence-corrected chi connectivity index (χ4v) is 3.92. The molecule has 0 fully saturated rings. The highest BCUT2D eigenvalue weighted by molar-refractivity contribution is 7.99. The summed E-state index contributed by atoms with van der Waals surface area (Å²) in [5, 5.41) is 4.10. The van der Waals surface area contributed by atoms with Gasteiger partial charge in [0.1, 0.15) is 0 Å². The quantitative estimate of drug-likeness (QED) is 0.634. The van der Waals surface area contributed by atoms with Crippen LogP contribution in [0.25, 0.3) is 22.4 Å². The maximum atomic E-state index is 6.43. The fraction of sp³-hybridized carbons (Fsp3) is 0.105. The summed E-state index contributed by atoms with van der Waals surface area (Å²) in [6.07, 6.45) is 1.82. The third kappa shape index (κ3) is 2.71. The third-order valence-electron chi connectivity index (χ3n) is 3.97. The topological polar surface area (TPSA) is 24.9 Å². The van der Waals surface area contributed by atoms with E-state index >= 15 is 0 Å². The number of halogens is 1. The number of nitrogens with zero attached hydrogens (tertiary/aromatic N) is 1. The van der Waals surface area contributed by atoms with Gasteiger partial charge in [-0.05, 0) is 42.8 Å². The molecule has 2 nitrogen and oxygen atoms in total. The molecule has 0 saturated heterocycles. The lowest BCUT2D eigenvalue weighted by Gasteiger charge is -2.12. The number of hydrogen-bond donors (Lipinski definition) is 1. The van der Waals surface area contributed by atoms with Gasteiger partial charge in [-0.15, -0.1) is 11.8 Å². The molecule has 4 heteroatoms. The molecule has 0 atom stereocenters. The van der Waals surface area contributed by atoms with Gasteiger partial charge in [0.25, 0.3) is 0 Å². The van der Waals surface area contributed by atoms with Crippen molar-refractivity contribution in [3.63, 3.8) is 0 Å². The zero-order chi connectivity index (χ0) is 15.8. The fourth-order valence-electron chi connectivity index (χ4n) is 2.82. The average molecular weight is 339 g/mol. The summed E-state index contributed by atoms with van der Waals surface area (Å²) >= 11 is 8.26. The van der Waals surface area contributed by atoms with Gasteiger partial charge in [0.15, 0.2) is 0 Å². The summed E-state index contributed by atoms with van der Waals surface area (Å²) < 4.78 is 0. The molecule has 0 bridgehead atoms. The lowest BCUT2D eigenvalue weighted by molar-refractivity contribution is 1.31. The molecule has 0 unspecified atom stereocenters. The predicted octanol–water partition coefficient (Wildman–Crippen LogP) is 5.85. The molecule has 23 heavy (non-hydrogen) atoms. The summed E-state index contributed by atoms with van der Waals surface area (Å²) in [5.41, 5.74) is 6.56. The minimum absolute atomic E-state index is 0.729. The number of pyridine rings is 1. The van der Waals surface area contributed by atoms with Crippen molar-refractivity contribution < 1.29 is 0 Å². The van der Waals surface area contributed by atoms with E-state index in [0.717, 1.165) is 27.7 Å². The van der Waals surface area contributed by atoms with Crippen LogP contribution in [0.5, 0.6) is 0 Å². The second-order valence-electron chi connectivity index (χ2n) is 5.56. The highest BCUT2D eigenvalue weighted by atomic mass is 35.5. The van der Waals surface area contributed by atoms with Crippen LogP contribution >= 0.6 is 23.4 Å². The molecule has 1 aliphatic heterocycles. The molecule has 1 aliphatic rings. The highest BCUT2D eigenvalue weighted by Gasteiger charge is 2.15. The molecule has 1 N–H and O–H groups in total. The molecular formula is C19H15ClN2S. The number of aromatic nitrogens is 1. The first kappa shape index (κ1) is 14.6. The Morgan fingerprint density at radius 3 is 2.91 bits per heavy atom. The smallest absolute Gasteiger partial charge is 0.0795 e. The van der Waals surface area contributed by atoms with Crippen LogP contribution in [-0.4, -0.2) is 10.9 Å². The van der Waals surface area contributed by atoms with E-state index in [1.165, 1.54) is 21.7 Å². The van der Waals surface area contributed by atoms with Crippen molar-refractivity contribution in [3.8, 4) is 22.4 Å². The molecular weight excluding hydrogens is 324 g/mol. The SMILES string of the molecule is Cc1ccc(Cl)c(-c2ncccc2-c2ccc3c(c2)SCN3)c1. The Bertz CT molecular complexity index is 892. The van der Waals surface area contributed by atoms with E-state index in [4.69, 9.17) is 11.6 Å². The van der Waals surface area contributed by atoms with Crippen LogP contribution in [0.15, 0.2) is 59.6 Å². The Labute approximate surface area is 144 Å². The van der Waals surface area contributed by atoms with Crippen molar-refractivity contribution in [2.45, 2.75) is 11.8 Å². The van der Waals surface area contributed by atoms with Gasteiger partial charge in [-0.3, -0.25) is 4.98 Å². The van der Waals surface area contributed by atoms with Crippen LogP contribution in [0.4, 0.5) is 5.69 Å². The molecule has 114 valence electrons. The third-order valence-corrected chi connectivity index (χ3v) is 5.23. The van der Waals surface area contributed by atoms with Crippen molar-refractivity contribution in [2.24, 2.45) is 0 Å². The molecule has 2 aromatic carbocycles. The van der Waals surface area contributed by atoms with E-state index in [0.29, 0.717) is 0 Å². The van der Waals surface area contributed by atoms with Crippen LogP contribution in [0.2, 0.25) is 5.02 Å². The average Bonchev–Trinajstić information content (AvgIpc) is 3.05. The first-order valence-electron chi connectivity index (χ1n) is 7.45. The number of thioether (sulfide) groups is 1. The van der Waals surface area contributed by atoms with E-state index in [9.17, 15) is 0 Å². The van der Waals surface area contributed by atoms with Crippen molar-refractivity contribution in [1.82, 2.24) is 4.98 Å². The predicted molar refractivity (Wildman–Crippen MR) is 99.2 cm³/mol. The maximum Gasteiger partial charge on any atom is 0.0795 e. The van der Waals surface area contributed by atoms with Gasteiger partial charge in [0, 0.05) is 32.9 Å². The number of anilines is 1. The largest absolute Gasteiger partial charge is 0.375 e. The normalized spacial score (nSPS) is 12.8. The van der Waals surface area contributed by atoms with Crippen molar-refractivity contribution in [1.29, 1.82) is 0 Å². The van der Waals surface area contributed by atoms with Gasteiger partial charge in [0.05, 0.1) is 11.6 Å². The van der Waals surface area contributed by atoms with E-state index in [1.54, 1.807) is 0 Å². The first-order valence-corrected chi connectivity index (χ1v) is 8.81. The molecule has 0 radical (unpaired) electrons. The zero-order valence-corrected chi connectivity index (χ0v) is 14.2. The summed E-state index contributed by atoms with van der Waals surface area (Å²) in [5.74, 6) is 0.933. The summed E-state index contributed by atoms with van der Waals surface area (Å²) in [7, 11) is 0. The summed E-state index contributed by atoms with van der Waals surface area (Å²) in [6, 6.07) is 16.6. The molecule has 0 saturated carbocycles. The van der Waals surface area contributed by atoms with Gasteiger partial charge >= 0.3 is 0 Å². The second-order valence-corrected chi connectivity index (χ2v) is 6.98. The second kappa shape index (κ2) is 5.91. The Morgan fingerprint density at radius 1 is 1.09 bits per heavy atom. The number of rotatable bonds is 2. The Kier molecular flexibility index (Phi) is 3.76. The van der Waals surface area contributed by atoms with Crippen LogP contribution < -0.4 is 5.32 Å².